The summed E-state index contributed by atoms with van der Waals surface area (Å²) in [6.45, 7) is 0. The van der Waals surface area contributed by atoms with Crippen molar-refractivity contribution in [1.29, 1.82) is 0 Å². The summed E-state index contributed by atoms with van der Waals surface area (Å²) in [7, 11) is 0. The first kappa shape index (κ1) is 11.2. The van der Waals surface area contributed by atoms with Crippen LogP contribution in [0.5, 0.6) is 0 Å². The summed E-state index contributed by atoms with van der Waals surface area (Å²) in [4.78, 5) is 4.08. The van der Waals surface area contributed by atoms with Gasteiger partial charge in [0.2, 0.25) is 0 Å². The summed E-state index contributed by atoms with van der Waals surface area (Å²) < 4.78 is 0.956. The van der Waals surface area contributed by atoms with Crippen LogP contribution in [0.1, 0.15) is 0 Å². The molecule has 6 heteroatoms. The van der Waals surface area contributed by atoms with Gasteiger partial charge in [-0.3, -0.25) is 0 Å². The van der Waals surface area contributed by atoms with E-state index in [0.717, 1.165) is 15.3 Å². The zero-order valence-corrected chi connectivity index (χ0v) is 11.2. The fraction of sp³-hybridized carbons (Fsp3) is 0. The molecule has 0 saturated heterocycles. The smallest absolute Gasteiger partial charge is 0.188 e. The number of nitrogens with zero attached hydrogens (tertiary/aromatic N) is 1. The van der Waals surface area contributed by atoms with E-state index in [0.29, 0.717) is 10.2 Å². The molecular weight excluding hydrogens is 319 g/mol. The van der Waals surface area contributed by atoms with Gasteiger partial charge in [-0.1, -0.05) is 39.1 Å². The van der Waals surface area contributed by atoms with Crippen LogP contribution >= 0.6 is 50.5 Å². The van der Waals surface area contributed by atoms with Crippen molar-refractivity contribution in [3.05, 3.63) is 38.2 Å². The molecule has 0 fully saturated rings. The SMILES string of the molecule is Clc1csc(Nc2cc(Br)ccc2Cl)n1. The van der Waals surface area contributed by atoms with Crippen LogP contribution in [-0.4, -0.2) is 4.98 Å². The highest BCUT2D eigenvalue weighted by Gasteiger charge is 2.04. The quantitative estimate of drug-likeness (QED) is 0.845. The molecule has 0 spiro atoms. The van der Waals surface area contributed by atoms with Crippen molar-refractivity contribution in [3.8, 4) is 0 Å². The fourth-order valence-corrected chi connectivity index (χ4v) is 2.40. The minimum absolute atomic E-state index is 0.480. The third kappa shape index (κ3) is 2.84. The van der Waals surface area contributed by atoms with Gasteiger partial charge in [0.05, 0.1) is 10.7 Å². The molecule has 0 amide bonds. The van der Waals surface area contributed by atoms with Crippen molar-refractivity contribution in [3.63, 3.8) is 0 Å². The predicted molar refractivity (Wildman–Crippen MR) is 69.6 cm³/mol. The van der Waals surface area contributed by atoms with Crippen LogP contribution in [-0.2, 0) is 0 Å². The maximum absolute atomic E-state index is 6.01. The molecule has 0 bridgehead atoms. The van der Waals surface area contributed by atoms with Gasteiger partial charge < -0.3 is 5.32 Å². The molecule has 1 aromatic heterocycles. The Bertz CT molecular complexity index is 487. The third-order valence-electron chi connectivity index (χ3n) is 1.65. The molecule has 0 aliphatic rings. The van der Waals surface area contributed by atoms with Gasteiger partial charge >= 0.3 is 0 Å². The van der Waals surface area contributed by atoms with E-state index in [4.69, 9.17) is 23.2 Å². The summed E-state index contributed by atoms with van der Waals surface area (Å²) >= 11 is 16.5. The van der Waals surface area contributed by atoms with E-state index in [1.54, 1.807) is 5.38 Å². The molecule has 15 heavy (non-hydrogen) atoms. The summed E-state index contributed by atoms with van der Waals surface area (Å²) in [5, 5.41) is 6.70. The Morgan fingerprint density at radius 1 is 1.33 bits per heavy atom. The molecule has 0 aliphatic carbocycles. The van der Waals surface area contributed by atoms with E-state index >= 15 is 0 Å². The third-order valence-corrected chi connectivity index (χ3v) is 3.55. The summed E-state index contributed by atoms with van der Waals surface area (Å²) in [6.07, 6.45) is 0. The molecule has 2 aromatic rings. The molecule has 0 atom stereocenters. The average Bonchev–Trinajstić information content (AvgIpc) is 2.58. The predicted octanol–water partition coefficient (Wildman–Crippen LogP) is 4.96. The number of hydrogen-bond acceptors (Lipinski definition) is 3. The molecule has 1 heterocycles. The summed E-state index contributed by atoms with van der Waals surface area (Å²) in [5.74, 6) is 0. The van der Waals surface area contributed by atoms with Crippen molar-refractivity contribution in [2.45, 2.75) is 0 Å². The van der Waals surface area contributed by atoms with E-state index in [2.05, 4.69) is 26.2 Å². The maximum atomic E-state index is 6.01. The number of hydrogen-bond donors (Lipinski definition) is 1. The first-order valence-electron chi connectivity index (χ1n) is 3.98. The molecule has 0 aliphatic heterocycles. The molecule has 1 N–H and O–H groups in total. The number of aromatic nitrogens is 1. The van der Waals surface area contributed by atoms with Crippen LogP contribution < -0.4 is 5.32 Å². The molecule has 2 nitrogen and oxygen atoms in total. The van der Waals surface area contributed by atoms with E-state index < -0.39 is 0 Å². The number of halogens is 3. The molecular formula is C9H5BrCl2N2S. The Balaban J connectivity index is 2.27. The normalized spacial score (nSPS) is 10.3. The summed E-state index contributed by atoms with van der Waals surface area (Å²) in [6, 6.07) is 5.57. The van der Waals surface area contributed by atoms with Gasteiger partial charge in [0.1, 0.15) is 5.15 Å². The van der Waals surface area contributed by atoms with Crippen LogP contribution in [0, 0.1) is 0 Å². The van der Waals surface area contributed by atoms with Crippen LogP contribution in [0.3, 0.4) is 0 Å². The molecule has 0 unspecified atom stereocenters. The van der Waals surface area contributed by atoms with Crippen molar-refractivity contribution >= 4 is 61.3 Å². The molecule has 78 valence electrons. The van der Waals surface area contributed by atoms with Gasteiger partial charge in [-0.05, 0) is 18.2 Å². The van der Waals surface area contributed by atoms with Crippen LogP contribution in [0.15, 0.2) is 28.1 Å². The highest BCUT2D eigenvalue weighted by atomic mass is 79.9. The molecule has 0 radical (unpaired) electrons. The first-order chi connectivity index (χ1) is 7.15. The second-order valence-corrected chi connectivity index (χ2v) is 5.29. The highest BCUT2D eigenvalue weighted by Crippen LogP contribution is 2.30. The Morgan fingerprint density at radius 2 is 2.13 bits per heavy atom. The number of benzene rings is 1. The Kier molecular flexibility index (Phi) is 3.51. The van der Waals surface area contributed by atoms with Gasteiger partial charge in [0.15, 0.2) is 5.13 Å². The van der Waals surface area contributed by atoms with E-state index in [1.165, 1.54) is 11.3 Å². The standard InChI is InChI=1S/C9H5BrCl2N2S/c10-5-1-2-6(11)7(3-5)13-9-14-8(12)4-15-9/h1-4H,(H,13,14). The highest BCUT2D eigenvalue weighted by molar-refractivity contribution is 9.10. The summed E-state index contributed by atoms with van der Waals surface area (Å²) in [5.41, 5.74) is 0.803. The van der Waals surface area contributed by atoms with E-state index in [-0.39, 0.29) is 0 Å². The first-order valence-corrected chi connectivity index (χ1v) is 6.41. The van der Waals surface area contributed by atoms with Crippen LogP contribution in [0.4, 0.5) is 10.8 Å². The number of rotatable bonds is 2. The maximum Gasteiger partial charge on any atom is 0.188 e. The largest absolute Gasteiger partial charge is 0.330 e. The van der Waals surface area contributed by atoms with Gasteiger partial charge in [-0.2, -0.15) is 0 Å². The van der Waals surface area contributed by atoms with Crippen molar-refractivity contribution in [1.82, 2.24) is 4.98 Å². The number of nitrogens with one attached hydrogen (secondary N) is 1. The second kappa shape index (κ2) is 4.70. The lowest BCUT2D eigenvalue weighted by Crippen LogP contribution is -1.90. The zero-order valence-electron chi connectivity index (χ0n) is 7.30. The molecule has 1 aromatic carbocycles. The van der Waals surface area contributed by atoms with Crippen molar-refractivity contribution in [2.24, 2.45) is 0 Å². The average molecular weight is 324 g/mol. The van der Waals surface area contributed by atoms with Gasteiger partial charge in [-0.15, -0.1) is 11.3 Å². The Morgan fingerprint density at radius 3 is 2.80 bits per heavy atom. The number of thiazole rings is 1. The second-order valence-electron chi connectivity index (χ2n) is 2.72. The van der Waals surface area contributed by atoms with Gasteiger partial charge in [0.25, 0.3) is 0 Å². The Hall–Kier alpha value is -0.290. The van der Waals surface area contributed by atoms with E-state index in [1.807, 2.05) is 18.2 Å². The van der Waals surface area contributed by atoms with Gasteiger partial charge in [-0.25, -0.2) is 4.98 Å². The Labute approximate surface area is 109 Å². The minimum Gasteiger partial charge on any atom is -0.330 e. The van der Waals surface area contributed by atoms with E-state index in [9.17, 15) is 0 Å². The number of anilines is 2. The molecule has 0 saturated carbocycles. The zero-order chi connectivity index (χ0) is 10.8. The van der Waals surface area contributed by atoms with Crippen molar-refractivity contribution < 1.29 is 0 Å². The molecule has 2 rings (SSSR count). The lowest BCUT2D eigenvalue weighted by molar-refractivity contribution is 1.39. The fourth-order valence-electron chi connectivity index (χ4n) is 1.02. The minimum atomic E-state index is 0.480. The lowest BCUT2D eigenvalue weighted by Gasteiger charge is -2.05. The monoisotopic (exact) mass is 322 g/mol. The lowest BCUT2D eigenvalue weighted by atomic mass is 10.3. The van der Waals surface area contributed by atoms with Crippen molar-refractivity contribution in [2.75, 3.05) is 5.32 Å². The topological polar surface area (TPSA) is 24.9 Å². The van der Waals surface area contributed by atoms with Crippen LogP contribution in [0.25, 0.3) is 0 Å². The van der Waals surface area contributed by atoms with Crippen LogP contribution in [0.2, 0.25) is 10.2 Å². The van der Waals surface area contributed by atoms with Gasteiger partial charge in [0, 0.05) is 9.85 Å².